The summed E-state index contributed by atoms with van der Waals surface area (Å²) >= 11 is 0. The minimum atomic E-state index is -1.00. The van der Waals surface area contributed by atoms with Gasteiger partial charge in [-0.25, -0.2) is 9.59 Å². The molecule has 0 radical (unpaired) electrons. The molecule has 6 nitrogen and oxygen atoms in total. The Morgan fingerprint density at radius 3 is 2.50 bits per heavy atom. The summed E-state index contributed by atoms with van der Waals surface area (Å²) in [4.78, 5) is 25.9. The molecule has 0 aliphatic carbocycles. The lowest BCUT2D eigenvalue weighted by Gasteiger charge is -2.35. The van der Waals surface area contributed by atoms with Crippen LogP contribution < -0.4 is 5.32 Å². The summed E-state index contributed by atoms with van der Waals surface area (Å²) in [6.07, 6.45) is 4.40. The summed E-state index contributed by atoms with van der Waals surface area (Å²) in [5.41, 5.74) is 0. The van der Waals surface area contributed by atoms with Crippen molar-refractivity contribution in [3.63, 3.8) is 0 Å². The summed E-state index contributed by atoms with van der Waals surface area (Å²) in [6.45, 7) is 1.74. The third kappa shape index (κ3) is 4.75. The molecule has 0 aromatic rings. The van der Waals surface area contributed by atoms with Gasteiger partial charge < -0.3 is 20.2 Å². The third-order valence-electron chi connectivity index (χ3n) is 3.11. The Hall–Kier alpha value is -1.56. The average molecular weight is 255 g/mol. The van der Waals surface area contributed by atoms with Crippen molar-refractivity contribution in [3.05, 3.63) is 12.2 Å². The Balaban J connectivity index is 2.26. The van der Waals surface area contributed by atoms with Gasteiger partial charge >= 0.3 is 12.0 Å². The zero-order chi connectivity index (χ0) is 13.5. The molecule has 0 unspecified atom stereocenters. The van der Waals surface area contributed by atoms with E-state index in [1.54, 1.807) is 4.90 Å². The summed E-state index contributed by atoms with van der Waals surface area (Å²) in [5.74, 6) is -1.00. The Morgan fingerprint density at radius 1 is 1.39 bits per heavy atom. The number of piperidine rings is 1. The van der Waals surface area contributed by atoms with Crippen LogP contribution in [0.25, 0.3) is 0 Å². The van der Waals surface area contributed by atoms with Crippen LogP contribution in [0.1, 0.15) is 12.8 Å². The molecule has 0 aromatic heterocycles. The number of rotatable bonds is 4. The van der Waals surface area contributed by atoms with Gasteiger partial charge in [0.2, 0.25) is 0 Å². The molecule has 2 N–H and O–H groups in total. The smallest absolute Gasteiger partial charge is 0.328 e. The highest BCUT2D eigenvalue weighted by Gasteiger charge is 2.23. The predicted molar refractivity (Wildman–Crippen MR) is 68.5 cm³/mol. The summed E-state index contributed by atoms with van der Waals surface area (Å²) in [6, 6.07) is 0.420. The number of carboxylic acid groups (broad SMARTS) is 1. The van der Waals surface area contributed by atoms with Crippen LogP contribution in [-0.4, -0.2) is 66.7 Å². The molecule has 0 saturated carbocycles. The number of hydrogen-bond donors (Lipinski definition) is 2. The van der Waals surface area contributed by atoms with Gasteiger partial charge in [-0.1, -0.05) is 6.08 Å². The first kappa shape index (κ1) is 14.5. The Kier molecular flexibility index (Phi) is 5.64. The van der Waals surface area contributed by atoms with Gasteiger partial charge in [0, 0.05) is 31.8 Å². The van der Waals surface area contributed by atoms with E-state index in [4.69, 9.17) is 5.11 Å². The number of urea groups is 1. The van der Waals surface area contributed by atoms with Gasteiger partial charge in [0.25, 0.3) is 0 Å². The van der Waals surface area contributed by atoms with E-state index >= 15 is 0 Å². The van der Waals surface area contributed by atoms with Gasteiger partial charge in [0.1, 0.15) is 0 Å². The van der Waals surface area contributed by atoms with Crippen molar-refractivity contribution < 1.29 is 14.7 Å². The van der Waals surface area contributed by atoms with Crippen molar-refractivity contribution in [2.75, 3.05) is 33.7 Å². The lowest BCUT2D eigenvalue weighted by molar-refractivity contribution is -0.131. The number of carbonyl (C=O) groups is 2. The number of amides is 2. The maximum atomic E-state index is 11.7. The Labute approximate surface area is 107 Å². The minimum absolute atomic E-state index is 0.123. The minimum Gasteiger partial charge on any atom is -0.478 e. The molecule has 0 atom stereocenters. The number of aliphatic carboxylic acids is 1. The third-order valence-corrected chi connectivity index (χ3v) is 3.11. The molecule has 2 amide bonds. The number of nitrogens with zero attached hydrogens (tertiary/aromatic N) is 2. The number of carbonyl (C=O) groups excluding carboxylic acids is 1. The molecule has 1 aliphatic heterocycles. The van der Waals surface area contributed by atoms with Crippen LogP contribution in [0.15, 0.2) is 12.2 Å². The van der Waals surface area contributed by atoms with Gasteiger partial charge in [-0.2, -0.15) is 0 Å². The molecular formula is C12H21N3O3. The highest BCUT2D eigenvalue weighted by Crippen LogP contribution is 2.13. The van der Waals surface area contributed by atoms with Crippen LogP contribution in [0.2, 0.25) is 0 Å². The first-order valence-electron chi connectivity index (χ1n) is 6.09. The second-order valence-corrected chi connectivity index (χ2v) is 4.61. The molecule has 1 saturated heterocycles. The molecule has 1 aliphatic rings. The Bertz CT molecular complexity index is 321. The number of likely N-dealkylation sites (tertiary alicyclic amines) is 1. The maximum Gasteiger partial charge on any atom is 0.328 e. The average Bonchev–Trinajstić information content (AvgIpc) is 2.34. The molecule has 0 bridgehead atoms. The van der Waals surface area contributed by atoms with E-state index in [1.165, 1.54) is 6.08 Å². The number of carboxylic acids is 1. The molecule has 0 aromatic carbocycles. The summed E-state index contributed by atoms with van der Waals surface area (Å²) in [7, 11) is 4.11. The van der Waals surface area contributed by atoms with Crippen molar-refractivity contribution >= 4 is 12.0 Å². The van der Waals surface area contributed by atoms with Crippen molar-refractivity contribution in [1.82, 2.24) is 15.1 Å². The SMILES string of the molecule is CN(C)C1CCN(C(=O)NC/C=C/C(=O)O)CC1. The van der Waals surface area contributed by atoms with Crippen LogP contribution in [0, 0.1) is 0 Å². The van der Waals surface area contributed by atoms with E-state index in [1.807, 2.05) is 0 Å². The van der Waals surface area contributed by atoms with Crippen LogP contribution >= 0.6 is 0 Å². The van der Waals surface area contributed by atoms with Gasteiger partial charge in [0.15, 0.2) is 0 Å². The topological polar surface area (TPSA) is 72.9 Å². The fourth-order valence-corrected chi connectivity index (χ4v) is 2.00. The molecule has 0 spiro atoms. The first-order valence-corrected chi connectivity index (χ1v) is 6.09. The molecule has 1 fully saturated rings. The van der Waals surface area contributed by atoms with Gasteiger partial charge in [-0.3, -0.25) is 0 Å². The second-order valence-electron chi connectivity index (χ2n) is 4.61. The fourth-order valence-electron chi connectivity index (χ4n) is 2.00. The van der Waals surface area contributed by atoms with Crippen LogP contribution in [0.5, 0.6) is 0 Å². The molecule has 102 valence electrons. The van der Waals surface area contributed by atoms with Crippen LogP contribution in [0.4, 0.5) is 4.79 Å². The maximum absolute atomic E-state index is 11.7. The molecule has 1 heterocycles. The summed E-state index contributed by atoms with van der Waals surface area (Å²) in [5, 5.41) is 11.1. The standard InChI is InChI=1S/C12H21N3O3/c1-14(2)10-5-8-15(9-6-10)12(18)13-7-3-4-11(16)17/h3-4,10H,5-9H2,1-2H3,(H,13,18)(H,16,17)/b4-3+. The highest BCUT2D eigenvalue weighted by molar-refractivity contribution is 5.80. The van der Waals surface area contributed by atoms with E-state index in [9.17, 15) is 9.59 Å². The first-order chi connectivity index (χ1) is 8.50. The van der Waals surface area contributed by atoms with Crippen molar-refractivity contribution in [3.8, 4) is 0 Å². The monoisotopic (exact) mass is 255 g/mol. The normalized spacial score (nSPS) is 17.4. The number of nitrogens with one attached hydrogen (secondary N) is 1. The quantitative estimate of drug-likeness (QED) is 0.712. The second kappa shape index (κ2) is 7.00. The van der Waals surface area contributed by atoms with Crippen LogP contribution in [0.3, 0.4) is 0 Å². The van der Waals surface area contributed by atoms with E-state index in [2.05, 4.69) is 24.3 Å². The van der Waals surface area contributed by atoms with Crippen molar-refractivity contribution in [2.24, 2.45) is 0 Å². The van der Waals surface area contributed by atoms with Gasteiger partial charge in [0.05, 0.1) is 0 Å². The van der Waals surface area contributed by atoms with E-state index < -0.39 is 5.97 Å². The lowest BCUT2D eigenvalue weighted by atomic mass is 10.0. The van der Waals surface area contributed by atoms with Gasteiger partial charge in [-0.05, 0) is 26.9 Å². The molecular weight excluding hydrogens is 234 g/mol. The van der Waals surface area contributed by atoms with E-state index in [0.717, 1.165) is 32.0 Å². The molecule has 1 rings (SSSR count). The van der Waals surface area contributed by atoms with Gasteiger partial charge in [-0.15, -0.1) is 0 Å². The summed E-state index contributed by atoms with van der Waals surface area (Å²) < 4.78 is 0. The largest absolute Gasteiger partial charge is 0.478 e. The van der Waals surface area contributed by atoms with E-state index in [-0.39, 0.29) is 12.6 Å². The Morgan fingerprint density at radius 2 is 2.00 bits per heavy atom. The molecule has 18 heavy (non-hydrogen) atoms. The van der Waals surface area contributed by atoms with Crippen molar-refractivity contribution in [2.45, 2.75) is 18.9 Å². The van der Waals surface area contributed by atoms with Crippen molar-refractivity contribution in [1.29, 1.82) is 0 Å². The van der Waals surface area contributed by atoms with E-state index in [0.29, 0.717) is 6.04 Å². The zero-order valence-electron chi connectivity index (χ0n) is 10.9. The highest BCUT2D eigenvalue weighted by atomic mass is 16.4. The number of hydrogen-bond acceptors (Lipinski definition) is 3. The zero-order valence-corrected chi connectivity index (χ0v) is 10.9. The fraction of sp³-hybridized carbons (Fsp3) is 0.667. The van der Waals surface area contributed by atoms with Crippen LogP contribution in [-0.2, 0) is 4.79 Å². The molecule has 6 heteroatoms. The predicted octanol–water partition coefficient (Wildman–Crippen LogP) is 0.363. The lowest BCUT2D eigenvalue weighted by Crippen LogP contribution is -2.48.